The van der Waals surface area contributed by atoms with Crippen LogP contribution in [0.15, 0.2) is 58.7 Å². The Bertz CT molecular complexity index is 1360. The molecule has 1 fully saturated rings. The molecule has 2 atom stereocenters. The number of carbonyl (C=O) groups excluding carboxylic acids is 1. The molecule has 2 aromatic heterocycles. The minimum atomic E-state index is -0.155. The highest BCUT2D eigenvalue weighted by Gasteiger charge is 2.40. The summed E-state index contributed by atoms with van der Waals surface area (Å²) in [6.45, 7) is 14.2. The topological polar surface area (TPSA) is 93.4 Å². The van der Waals surface area contributed by atoms with Gasteiger partial charge in [0.25, 0.3) is 5.56 Å². The van der Waals surface area contributed by atoms with Crippen molar-refractivity contribution in [1.82, 2.24) is 25.5 Å². The van der Waals surface area contributed by atoms with Crippen molar-refractivity contribution in [3.05, 3.63) is 86.6 Å². The Morgan fingerprint density at radius 3 is 2.61 bits per heavy atom. The van der Waals surface area contributed by atoms with Gasteiger partial charge in [0.2, 0.25) is 5.91 Å². The van der Waals surface area contributed by atoms with E-state index in [2.05, 4.69) is 70.6 Å². The maximum Gasteiger partial charge on any atom is 0.253 e. The smallest absolute Gasteiger partial charge is 0.253 e. The number of piperazine rings is 1. The lowest BCUT2D eigenvalue weighted by Gasteiger charge is -2.35. The van der Waals surface area contributed by atoms with Crippen molar-refractivity contribution in [3.8, 4) is 0 Å². The third-order valence-corrected chi connectivity index (χ3v) is 7.83. The summed E-state index contributed by atoms with van der Waals surface area (Å²) < 4.78 is 0. The number of rotatable bonds is 6. The first kappa shape index (κ1) is 26.0. The van der Waals surface area contributed by atoms with Gasteiger partial charge < -0.3 is 25.4 Å². The molecule has 1 amide bonds. The van der Waals surface area contributed by atoms with Crippen molar-refractivity contribution in [2.75, 3.05) is 31.1 Å². The lowest BCUT2D eigenvalue weighted by Crippen LogP contribution is -2.43. The number of fused-ring (bicyclic) bond motifs is 1. The molecule has 1 aliphatic carbocycles. The zero-order valence-corrected chi connectivity index (χ0v) is 23.0. The molecule has 0 saturated carbocycles. The molecule has 0 aromatic carbocycles. The van der Waals surface area contributed by atoms with Crippen LogP contribution in [-0.2, 0) is 11.3 Å². The third-order valence-electron chi connectivity index (χ3n) is 7.83. The number of aryl methyl sites for hydroxylation is 2. The van der Waals surface area contributed by atoms with Crippen LogP contribution in [0.1, 0.15) is 43.2 Å². The van der Waals surface area contributed by atoms with Gasteiger partial charge in [-0.1, -0.05) is 6.08 Å². The van der Waals surface area contributed by atoms with Crippen molar-refractivity contribution >= 4 is 17.3 Å². The number of allylic oxidation sites excluding steroid dienone is 2. The second-order valence-electron chi connectivity index (χ2n) is 10.9. The molecule has 0 radical (unpaired) electrons. The molecule has 0 bridgehead atoms. The summed E-state index contributed by atoms with van der Waals surface area (Å²) in [5.41, 5.74) is 5.99. The lowest BCUT2D eigenvalue weighted by molar-refractivity contribution is -0.118. The Balaban J connectivity index is 1.44. The highest BCUT2D eigenvalue weighted by atomic mass is 16.2. The summed E-state index contributed by atoms with van der Waals surface area (Å²) in [4.78, 5) is 38.4. The second-order valence-corrected chi connectivity index (χ2v) is 10.9. The molecule has 1 saturated heterocycles. The van der Waals surface area contributed by atoms with Crippen LogP contribution in [0.5, 0.6) is 0 Å². The highest BCUT2D eigenvalue weighted by Crippen LogP contribution is 2.41. The fourth-order valence-electron chi connectivity index (χ4n) is 5.83. The van der Waals surface area contributed by atoms with Crippen LogP contribution in [0, 0.1) is 19.8 Å². The van der Waals surface area contributed by atoms with Crippen LogP contribution in [0.4, 0.5) is 5.82 Å². The molecule has 8 nitrogen and oxygen atoms in total. The Hall–Kier alpha value is -3.65. The van der Waals surface area contributed by atoms with E-state index in [0.29, 0.717) is 11.6 Å². The zero-order chi connectivity index (χ0) is 27.0. The molecule has 3 aliphatic rings. The monoisotopic (exact) mass is 514 g/mol. The first-order chi connectivity index (χ1) is 18.2. The van der Waals surface area contributed by atoms with Gasteiger partial charge in [-0.05, 0) is 87.4 Å². The summed E-state index contributed by atoms with van der Waals surface area (Å²) in [6, 6.07) is 6.45. The van der Waals surface area contributed by atoms with Gasteiger partial charge in [0.05, 0.1) is 6.04 Å². The Morgan fingerprint density at radius 2 is 1.95 bits per heavy atom. The molecule has 2 aromatic rings. The molecule has 200 valence electrons. The predicted octanol–water partition coefficient (Wildman–Crippen LogP) is 3.05. The summed E-state index contributed by atoms with van der Waals surface area (Å²) in [5, 5.41) is 6.42. The normalized spacial score (nSPS) is 21.2. The summed E-state index contributed by atoms with van der Waals surface area (Å²) in [6.07, 6.45) is 8.37. The molecule has 0 spiro atoms. The number of nitrogens with one attached hydrogen (secondary N) is 3. The van der Waals surface area contributed by atoms with Crippen molar-refractivity contribution < 1.29 is 4.79 Å². The van der Waals surface area contributed by atoms with Crippen molar-refractivity contribution in [2.24, 2.45) is 5.92 Å². The SMILES string of the molecule is CC1=CN(C(C)C)C2C=C(c3ccc(N4CCNCC4)nc3)C=C(C(=O)NCc3c(C)cc(C)[nH]c3=O)[C@H]12. The number of carbonyl (C=O) groups is 1. The number of nitrogens with zero attached hydrogens (tertiary/aromatic N) is 3. The van der Waals surface area contributed by atoms with E-state index in [-0.39, 0.29) is 30.0 Å². The van der Waals surface area contributed by atoms with E-state index >= 15 is 0 Å². The summed E-state index contributed by atoms with van der Waals surface area (Å²) in [7, 11) is 0. The maximum absolute atomic E-state index is 13.7. The molecule has 38 heavy (non-hydrogen) atoms. The molecule has 1 unspecified atom stereocenters. The Morgan fingerprint density at radius 1 is 1.18 bits per heavy atom. The van der Waals surface area contributed by atoms with Gasteiger partial charge >= 0.3 is 0 Å². The highest BCUT2D eigenvalue weighted by molar-refractivity contribution is 5.99. The number of anilines is 1. The zero-order valence-electron chi connectivity index (χ0n) is 23.0. The van der Waals surface area contributed by atoms with E-state index in [1.165, 1.54) is 0 Å². The fraction of sp³-hybridized carbons (Fsp3) is 0.433. The number of amides is 1. The molecule has 8 heteroatoms. The van der Waals surface area contributed by atoms with Crippen LogP contribution in [-0.4, -0.2) is 59.0 Å². The van der Waals surface area contributed by atoms with Gasteiger partial charge in [0.15, 0.2) is 0 Å². The summed E-state index contributed by atoms with van der Waals surface area (Å²) >= 11 is 0. The quantitative estimate of drug-likeness (QED) is 0.549. The van der Waals surface area contributed by atoms with Crippen LogP contribution in [0.3, 0.4) is 0 Å². The van der Waals surface area contributed by atoms with Crippen LogP contribution in [0.25, 0.3) is 5.57 Å². The number of H-pyrrole nitrogens is 1. The molecule has 3 N–H and O–H groups in total. The van der Waals surface area contributed by atoms with Crippen molar-refractivity contribution in [3.63, 3.8) is 0 Å². The molecule has 5 rings (SSSR count). The average molecular weight is 515 g/mol. The standard InChI is InChI=1S/C30H38N6O2/c1-18(2)36-17-20(4)28-24(29(37)33-16-25-19(3)12-21(5)34-30(25)38)13-23(14-26(28)36)22-6-7-27(32-15-22)35-10-8-31-9-11-35/h6-7,12-15,17-18,26,28,31H,8-11,16H2,1-5H3,(H,33,37)(H,34,38)/t26?,28-/m0/s1. The third kappa shape index (κ3) is 5.05. The number of hydrogen-bond acceptors (Lipinski definition) is 6. The fourth-order valence-corrected chi connectivity index (χ4v) is 5.83. The molecular weight excluding hydrogens is 476 g/mol. The van der Waals surface area contributed by atoms with E-state index in [4.69, 9.17) is 4.98 Å². The molecule has 2 aliphatic heterocycles. The molecular formula is C30H38N6O2. The van der Waals surface area contributed by atoms with Gasteiger partial charge in [0, 0.05) is 67.7 Å². The van der Waals surface area contributed by atoms with Gasteiger partial charge in [-0.25, -0.2) is 4.98 Å². The van der Waals surface area contributed by atoms with Crippen LogP contribution >= 0.6 is 0 Å². The largest absolute Gasteiger partial charge is 0.368 e. The Labute approximate surface area is 224 Å². The first-order valence-electron chi connectivity index (χ1n) is 13.5. The average Bonchev–Trinajstić information content (AvgIpc) is 3.24. The van der Waals surface area contributed by atoms with E-state index in [9.17, 15) is 9.59 Å². The number of pyridine rings is 2. The van der Waals surface area contributed by atoms with Crippen LogP contribution < -0.4 is 21.1 Å². The second kappa shape index (κ2) is 10.6. The van der Waals surface area contributed by atoms with Gasteiger partial charge in [0.1, 0.15) is 5.82 Å². The Kier molecular flexibility index (Phi) is 7.25. The molecule has 4 heterocycles. The van der Waals surface area contributed by atoms with E-state index in [1.807, 2.05) is 32.2 Å². The van der Waals surface area contributed by atoms with Crippen molar-refractivity contribution in [2.45, 2.75) is 53.2 Å². The van der Waals surface area contributed by atoms with E-state index in [1.54, 1.807) is 0 Å². The minimum absolute atomic E-state index is 0.0355. The summed E-state index contributed by atoms with van der Waals surface area (Å²) in [5.74, 6) is 0.799. The van der Waals surface area contributed by atoms with Gasteiger partial charge in [-0.3, -0.25) is 9.59 Å². The number of hydrogen-bond donors (Lipinski definition) is 3. The first-order valence-corrected chi connectivity index (χ1v) is 13.5. The maximum atomic E-state index is 13.7. The van der Waals surface area contributed by atoms with E-state index in [0.717, 1.165) is 65.5 Å². The lowest BCUT2D eigenvalue weighted by atomic mass is 9.80. The van der Waals surface area contributed by atoms with Gasteiger partial charge in [-0.2, -0.15) is 0 Å². The minimum Gasteiger partial charge on any atom is -0.368 e. The van der Waals surface area contributed by atoms with Crippen LogP contribution in [0.2, 0.25) is 0 Å². The van der Waals surface area contributed by atoms with Crippen molar-refractivity contribution in [1.29, 1.82) is 0 Å². The predicted molar refractivity (Wildman–Crippen MR) is 152 cm³/mol. The number of aromatic amines is 1. The van der Waals surface area contributed by atoms with Gasteiger partial charge in [-0.15, -0.1) is 0 Å². The van der Waals surface area contributed by atoms with E-state index < -0.39 is 0 Å². The number of aromatic nitrogens is 2.